The van der Waals surface area contributed by atoms with E-state index in [-0.39, 0.29) is 5.82 Å². The van der Waals surface area contributed by atoms with Gasteiger partial charge in [0.25, 0.3) is 0 Å². The number of ether oxygens (including phenoxy) is 1. The van der Waals surface area contributed by atoms with Crippen molar-refractivity contribution >= 4 is 0 Å². The van der Waals surface area contributed by atoms with Gasteiger partial charge in [-0.2, -0.15) is 0 Å². The Kier molecular flexibility index (Phi) is 6.61. The molecule has 0 radical (unpaired) electrons. The predicted octanol–water partition coefficient (Wildman–Crippen LogP) is 2.94. The molecule has 4 heteroatoms. The summed E-state index contributed by atoms with van der Waals surface area (Å²) in [6, 6.07) is 5.96. The van der Waals surface area contributed by atoms with Crippen LogP contribution in [0.15, 0.2) is 18.2 Å². The van der Waals surface area contributed by atoms with Crippen molar-refractivity contribution in [1.29, 1.82) is 0 Å². The van der Waals surface area contributed by atoms with E-state index in [2.05, 4.69) is 24.2 Å². The molecule has 21 heavy (non-hydrogen) atoms. The van der Waals surface area contributed by atoms with Crippen molar-refractivity contribution in [3.8, 4) is 0 Å². The summed E-state index contributed by atoms with van der Waals surface area (Å²) in [5.74, 6) is -0.104. The third-order valence-electron chi connectivity index (χ3n) is 4.10. The second-order valence-corrected chi connectivity index (χ2v) is 5.86. The van der Waals surface area contributed by atoms with Gasteiger partial charge in [-0.05, 0) is 44.5 Å². The zero-order valence-corrected chi connectivity index (χ0v) is 13.2. The van der Waals surface area contributed by atoms with Gasteiger partial charge in [0.2, 0.25) is 0 Å². The molecule has 0 atom stereocenters. The van der Waals surface area contributed by atoms with Gasteiger partial charge in [-0.25, -0.2) is 4.39 Å². The van der Waals surface area contributed by atoms with E-state index < -0.39 is 0 Å². The molecule has 0 amide bonds. The first-order valence-electron chi connectivity index (χ1n) is 7.96. The summed E-state index contributed by atoms with van der Waals surface area (Å²) in [5, 5.41) is 3.36. The standard InChI is InChI=1S/C17H27FN2O/c1-3-8-19-12-14-4-5-17(18)15(11-14)13-20(2)16-6-9-21-10-7-16/h4-5,11,16,19H,3,6-10,12-13H2,1-2H3. The van der Waals surface area contributed by atoms with Crippen molar-refractivity contribution in [3.05, 3.63) is 35.1 Å². The highest BCUT2D eigenvalue weighted by Crippen LogP contribution is 2.18. The monoisotopic (exact) mass is 294 g/mol. The molecule has 1 aliphatic rings. The fourth-order valence-electron chi connectivity index (χ4n) is 2.79. The lowest BCUT2D eigenvalue weighted by Crippen LogP contribution is -2.36. The smallest absolute Gasteiger partial charge is 0.127 e. The maximum atomic E-state index is 14.0. The first-order valence-corrected chi connectivity index (χ1v) is 7.96. The van der Waals surface area contributed by atoms with Gasteiger partial charge in [-0.15, -0.1) is 0 Å². The Hall–Kier alpha value is -0.970. The van der Waals surface area contributed by atoms with Crippen molar-refractivity contribution in [2.24, 2.45) is 0 Å². The minimum Gasteiger partial charge on any atom is -0.381 e. The maximum absolute atomic E-state index is 14.0. The molecule has 0 unspecified atom stereocenters. The van der Waals surface area contributed by atoms with E-state index in [0.29, 0.717) is 12.6 Å². The van der Waals surface area contributed by atoms with E-state index in [0.717, 1.165) is 56.7 Å². The van der Waals surface area contributed by atoms with Crippen LogP contribution in [0, 0.1) is 5.82 Å². The Bertz CT molecular complexity index is 433. The summed E-state index contributed by atoms with van der Waals surface area (Å²) in [5.41, 5.74) is 1.94. The average molecular weight is 294 g/mol. The molecule has 1 saturated heterocycles. The number of hydrogen-bond donors (Lipinski definition) is 1. The SMILES string of the molecule is CCCNCc1ccc(F)c(CN(C)C2CCOCC2)c1. The molecule has 1 heterocycles. The largest absolute Gasteiger partial charge is 0.381 e. The highest BCUT2D eigenvalue weighted by Gasteiger charge is 2.19. The van der Waals surface area contributed by atoms with Gasteiger partial charge in [0.05, 0.1) is 0 Å². The molecule has 1 N–H and O–H groups in total. The number of benzene rings is 1. The van der Waals surface area contributed by atoms with Gasteiger partial charge in [-0.3, -0.25) is 4.90 Å². The van der Waals surface area contributed by atoms with Crippen LogP contribution in [0.25, 0.3) is 0 Å². The number of hydrogen-bond acceptors (Lipinski definition) is 3. The van der Waals surface area contributed by atoms with Gasteiger partial charge in [0.15, 0.2) is 0 Å². The molecule has 1 fully saturated rings. The average Bonchev–Trinajstić information content (AvgIpc) is 2.51. The molecule has 3 nitrogen and oxygen atoms in total. The summed E-state index contributed by atoms with van der Waals surface area (Å²) in [6.45, 7) is 6.25. The Morgan fingerprint density at radius 3 is 2.81 bits per heavy atom. The lowest BCUT2D eigenvalue weighted by molar-refractivity contribution is 0.0404. The maximum Gasteiger partial charge on any atom is 0.127 e. The highest BCUT2D eigenvalue weighted by molar-refractivity contribution is 5.25. The molecule has 2 rings (SSSR count). The van der Waals surface area contributed by atoms with Crippen LogP contribution in [0.2, 0.25) is 0 Å². The summed E-state index contributed by atoms with van der Waals surface area (Å²) >= 11 is 0. The zero-order valence-electron chi connectivity index (χ0n) is 13.2. The molecule has 1 aliphatic heterocycles. The van der Waals surface area contributed by atoms with E-state index in [1.807, 2.05) is 12.1 Å². The quantitative estimate of drug-likeness (QED) is 0.783. The highest BCUT2D eigenvalue weighted by atomic mass is 19.1. The molecule has 1 aromatic rings. The van der Waals surface area contributed by atoms with Gasteiger partial charge >= 0.3 is 0 Å². The first-order chi connectivity index (χ1) is 10.2. The number of nitrogens with zero attached hydrogens (tertiary/aromatic N) is 1. The second-order valence-electron chi connectivity index (χ2n) is 5.86. The molecule has 0 spiro atoms. The van der Waals surface area contributed by atoms with Crippen molar-refractivity contribution in [2.45, 2.75) is 45.3 Å². The number of nitrogens with one attached hydrogen (secondary N) is 1. The lowest BCUT2D eigenvalue weighted by atomic mass is 10.1. The Balaban J connectivity index is 1.95. The summed E-state index contributed by atoms with van der Waals surface area (Å²) in [7, 11) is 2.08. The van der Waals surface area contributed by atoms with E-state index in [9.17, 15) is 4.39 Å². The van der Waals surface area contributed by atoms with Crippen LogP contribution in [-0.2, 0) is 17.8 Å². The van der Waals surface area contributed by atoms with E-state index >= 15 is 0 Å². The predicted molar refractivity (Wildman–Crippen MR) is 83.7 cm³/mol. The molecule has 1 aromatic carbocycles. The Morgan fingerprint density at radius 2 is 2.10 bits per heavy atom. The van der Waals surface area contributed by atoms with Gasteiger partial charge in [0, 0.05) is 37.9 Å². The summed E-state index contributed by atoms with van der Waals surface area (Å²) < 4.78 is 19.4. The van der Waals surface area contributed by atoms with E-state index in [4.69, 9.17) is 4.74 Å². The Labute approximate surface area is 127 Å². The topological polar surface area (TPSA) is 24.5 Å². The Morgan fingerprint density at radius 1 is 1.33 bits per heavy atom. The molecule has 0 aliphatic carbocycles. The normalized spacial score (nSPS) is 16.6. The van der Waals surface area contributed by atoms with Crippen molar-refractivity contribution < 1.29 is 9.13 Å². The second kappa shape index (κ2) is 8.47. The van der Waals surface area contributed by atoms with Crippen LogP contribution in [-0.4, -0.2) is 37.7 Å². The van der Waals surface area contributed by atoms with Crippen LogP contribution < -0.4 is 5.32 Å². The van der Waals surface area contributed by atoms with E-state index in [1.165, 1.54) is 0 Å². The molecule has 118 valence electrons. The minimum absolute atomic E-state index is 0.104. The first kappa shape index (κ1) is 16.4. The fraction of sp³-hybridized carbons (Fsp3) is 0.647. The molecular formula is C17H27FN2O. The van der Waals surface area contributed by atoms with Crippen LogP contribution in [0.5, 0.6) is 0 Å². The number of halogens is 1. The molecular weight excluding hydrogens is 267 g/mol. The molecule has 0 saturated carbocycles. The van der Waals surface area contributed by atoms with Crippen molar-refractivity contribution in [2.75, 3.05) is 26.8 Å². The van der Waals surface area contributed by atoms with Crippen LogP contribution >= 0.6 is 0 Å². The third-order valence-corrected chi connectivity index (χ3v) is 4.10. The number of rotatable bonds is 7. The minimum atomic E-state index is -0.104. The molecule has 0 bridgehead atoms. The fourth-order valence-corrected chi connectivity index (χ4v) is 2.79. The van der Waals surface area contributed by atoms with Crippen molar-refractivity contribution in [1.82, 2.24) is 10.2 Å². The zero-order chi connectivity index (χ0) is 15.1. The molecule has 0 aromatic heterocycles. The van der Waals surface area contributed by atoms with E-state index in [1.54, 1.807) is 6.07 Å². The third kappa shape index (κ3) is 5.06. The summed E-state index contributed by atoms with van der Waals surface area (Å²) in [6.07, 6.45) is 3.19. The van der Waals surface area contributed by atoms with Gasteiger partial charge in [-0.1, -0.05) is 19.1 Å². The van der Waals surface area contributed by atoms with Gasteiger partial charge in [0.1, 0.15) is 5.82 Å². The van der Waals surface area contributed by atoms with Crippen molar-refractivity contribution in [3.63, 3.8) is 0 Å². The van der Waals surface area contributed by atoms with Crippen LogP contribution in [0.1, 0.15) is 37.3 Å². The van der Waals surface area contributed by atoms with Gasteiger partial charge < -0.3 is 10.1 Å². The summed E-state index contributed by atoms with van der Waals surface area (Å²) in [4.78, 5) is 2.25. The van der Waals surface area contributed by atoms with Crippen LogP contribution in [0.4, 0.5) is 4.39 Å². The van der Waals surface area contributed by atoms with Crippen LogP contribution in [0.3, 0.4) is 0 Å². The lowest BCUT2D eigenvalue weighted by Gasteiger charge is -2.31.